The van der Waals surface area contributed by atoms with Crippen molar-refractivity contribution in [3.8, 4) is 0 Å². The van der Waals surface area contributed by atoms with E-state index in [-0.39, 0.29) is 0 Å². The first-order valence-electron chi connectivity index (χ1n) is 9.96. The normalized spacial score (nSPS) is 41.5. The Hall–Kier alpha value is -0.670. The molecule has 4 aliphatic rings. The van der Waals surface area contributed by atoms with Gasteiger partial charge in [-0.3, -0.25) is 4.79 Å². The summed E-state index contributed by atoms with van der Waals surface area (Å²) in [6.45, 7) is 8.34. The van der Waals surface area contributed by atoms with Gasteiger partial charge in [-0.2, -0.15) is 0 Å². The third-order valence-electron chi connectivity index (χ3n) is 7.88. The minimum atomic E-state index is -0.480. The highest BCUT2D eigenvalue weighted by atomic mass is 16.7. The van der Waals surface area contributed by atoms with Gasteiger partial charge in [0.15, 0.2) is 11.6 Å². The lowest BCUT2D eigenvalue weighted by molar-refractivity contribution is -0.146. The van der Waals surface area contributed by atoms with E-state index in [0.29, 0.717) is 30.3 Å². The third-order valence-corrected chi connectivity index (χ3v) is 7.88. The van der Waals surface area contributed by atoms with Gasteiger partial charge in [-0.1, -0.05) is 19.4 Å². The number of allylic oxidation sites excluding steroid dienone is 2. The largest absolute Gasteiger partial charge is 0.348 e. The average Bonchev–Trinajstić information content (AvgIpc) is 3.11. The molecule has 3 heteroatoms. The molecule has 0 aromatic carbocycles. The van der Waals surface area contributed by atoms with Gasteiger partial charge in [-0.05, 0) is 74.2 Å². The van der Waals surface area contributed by atoms with Crippen molar-refractivity contribution < 1.29 is 14.3 Å². The van der Waals surface area contributed by atoms with Crippen molar-refractivity contribution in [1.82, 2.24) is 0 Å². The first-order valence-corrected chi connectivity index (χ1v) is 9.96. The van der Waals surface area contributed by atoms with Gasteiger partial charge in [0.2, 0.25) is 0 Å². The fourth-order valence-electron chi connectivity index (χ4n) is 6.10. The van der Waals surface area contributed by atoms with Crippen molar-refractivity contribution in [3.05, 3.63) is 11.1 Å². The van der Waals surface area contributed by atoms with E-state index in [9.17, 15) is 4.79 Å². The number of ketones is 1. The Morgan fingerprint density at radius 1 is 1.08 bits per heavy atom. The number of hydrogen-bond acceptors (Lipinski definition) is 3. The van der Waals surface area contributed by atoms with Crippen molar-refractivity contribution in [2.75, 3.05) is 13.2 Å². The zero-order valence-corrected chi connectivity index (χ0v) is 15.5. The molecule has 1 heterocycles. The highest BCUT2D eigenvalue weighted by molar-refractivity contribution is 5.97. The molecule has 0 radical (unpaired) electrons. The maximum atomic E-state index is 12.7. The van der Waals surface area contributed by atoms with Crippen molar-refractivity contribution >= 4 is 5.78 Å². The van der Waals surface area contributed by atoms with Crippen LogP contribution in [0.25, 0.3) is 0 Å². The van der Waals surface area contributed by atoms with E-state index in [1.165, 1.54) is 24.8 Å². The smallest absolute Gasteiger partial charge is 0.166 e. The number of ether oxygens (including phenoxy) is 2. The van der Waals surface area contributed by atoms with Crippen LogP contribution in [0, 0.1) is 23.2 Å². The number of carbonyl (C=O) groups is 1. The van der Waals surface area contributed by atoms with Gasteiger partial charge in [-0.15, -0.1) is 0 Å². The maximum absolute atomic E-state index is 12.7. The monoisotopic (exact) mass is 332 g/mol. The molecule has 4 atom stereocenters. The summed E-state index contributed by atoms with van der Waals surface area (Å²) in [4.78, 5) is 12.7. The lowest BCUT2D eigenvalue weighted by Crippen LogP contribution is -2.40. The summed E-state index contributed by atoms with van der Waals surface area (Å²) in [5, 5.41) is 0. The molecule has 4 rings (SSSR count). The van der Waals surface area contributed by atoms with Crippen molar-refractivity contribution in [2.24, 2.45) is 23.2 Å². The van der Waals surface area contributed by atoms with E-state index in [2.05, 4.69) is 13.8 Å². The van der Waals surface area contributed by atoms with E-state index in [1.807, 2.05) is 6.92 Å². The van der Waals surface area contributed by atoms with Gasteiger partial charge in [0, 0.05) is 12.8 Å². The Morgan fingerprint density at radius 2 is 1.83 bits per heavy atom. The molecule has 3 aliphatic carbocycles. The zero-order valence-electron chi connectivity index (χ0n) is 15.5. The Bertz CT molecular complexity index is 557. The summed E-state index contributed by atoms with van der Waals surface area (Å²) < 4.78 is 11.5. The van der Waals surface area contributed by atoms with E-state index in [1.54, 1.807) is 0 Å². The topological polar surface area (TPSA) is 35.5 Å². The van der Waals surface area contributed by atoms with Crippen LogP contribution in [-0.2, 0) is 14.3 Å². The molecule has 2 unspecified atom stereocenters. The molecular weight excluding hydrogens is 300 g/mol. The summed E-state index contributed by atoms with van der Waals surface area (Å²) in [6, 6.07) is 0. The summed E-state index contributed by atoms with van der Waals surface area (Å²) in [6.07, 6.45) is 8.62. The first-order chi connectivity index (χ1) is 11.4. The Kier molecular flexibility index (Phi) is 4.16. The minimum absolute atomic E-state index is 0.400. The van der Waals surface area contributed by atoms with Gasteiger partial charge in [0.25, 0.3) is 0 Å². The quantitative estimate of drug-likeness (QED) is 0.754. The van der Waals surface area contributed by atoms with Gasteiger partial charge in [0.1, 0.15) is 0 Å². The van der Waals surface area contributed by atoms with Gasteiger partial charge < -0.3 is 9.47 Å². The van der Waals surface area contributed by atoms with Crippen LogP contribution in [0.2, 0.25) is 0 Å². The molecule has 2 saturated carbocycles. The molecule has 0 amide bonds. The highest BCUT2D eigenvalue weighted by Gasteiger charge is 2.52. The summed E-state index contributed by atoms with van der Waals surface area (Å²) in [7, 11) is 0. The Balaban J connectivity index is 1.57. The summed E-state index contributed by atoms with van der Waals surface area (Å²) >= 11 is 0. The van der Waals surface area contributed by atoms with Crippen molar-refractivity contribution in [3.63, 3.8) is 0 Å². The fraction of sp³-hybridized carbons (Fsp3) is 0.857. The predicted octanol–water partition coefficient (Wildman–Crippen LogP) is 4.65. The van der Waals surface area contributed by atoms with Crippen LogP contribution in [0.4, 0.5) is 0 Å². The minimum Gasteiger partial charge on any atom is -0.348 e. The molecule has 0 spiro atoms. The highest BCUT2D eigenvalue weighted by Crippen LogP contribution is 2.61. The standard InChI is InChI=1S/C21H32O3/c1-14-4-6-18-16-5-7-19(22)17(15(16)8-10-20(14,18)2)9-11-21(3)23-12-13-24-21/h14,16,18H,4-13H2,1-3H3/t14-,16?,18?,20+/m1/s1. The Labute approximate surface area is 146 Å². The zero-order chi connectivity index (χ0) is 16.9. The van der Waals surface area contributed by atoms with Crippen LogP contribution < -0.4 is 0 Å². The van der Waals surface area contributed by atoms with Crippen molar-refractivity contribution in [1.29, 1.82) is 0 Å². The molecule has 0 bridgehead atoms. The lowest BCUT2D eigenvalue weighted by atomic mass is 9.57. The molecule has 0 N–H and O–H groups in total. The predicted molar refractivity (Wildman–Crippen MR) is 93.5 cm³/mol. The number of rotatable bonds is 3. The average molecular weight is 332 g/mol. The molecule has 0 aromatic rings. The van der Waals surface area contributed by atoms with Crippen molar-refractivity contribution in [2.45, 2.75) is 77.9 Å². The number of carbonyl (C=O) groups excluding carboxylic acids is 1. The molecule has 3 fully saturated rings. The van der Waals surface area contributed by atoms with Crippen LogP contribution in [0.1, 0.15) is 72.1 Å². The molecule has 134 valence electrons. The number of Topliss-reactive ketones (excluding diaryl/α,β-unsaturated/α-hetero) is 1. The third kappa shape index (κ3) is 2.59. The lowest BCUT2D eigenvalue weighted by Gasteiger charge is -2.48. The van der Waals surface area contributed by atoms with E-state index >= 15 is 0 Å². The van der Waals surface area contributed by atoms with E-state index in [0.717, 1.165) is 49.5 Å². The Morgan fingerprint density at radius 3 is 2.58 bits per heavy atom. The fourth-order valence-corrected chi connectivity index (χ4v) is 6.10. The van der Waals surface area contributed by atoms with Gasteiger partial charge in [-0.25, -0.2) is 0 Å². The molecule has 1 saturated heterocycles. The second-order valence-corrected chi connectivity index (χ2v) is 8.99. The maximum Gasteiger partial charge on any atom is 0.166 e. The van der Waals surface area contributed by atoms with E-state index < -0.39 is 5.79 Å². The van der Waals surface area contributed by atoms with Crippen LogP contribution >= 0.6 is 0 Å². The second-order valence-electron chi connectivity index (χ2n) is 8.99. The van der Waals surface area contributed by atoms with Gasteiger partial charge in [0.05, 0.1) is 13.2 Å². The van der Waals surface area contributed by atoms with Crippen LogP contribution in [-0.4, -0.2) is 24.8 Å². The molecule has 24 heavy (non-hydrogen) atoms. The van der Waals surface area contributed by atoms with Crippen LogP contribution in [0.5, 0.6) is 0 Å². The van der Waals surface area contributed by atoms with Crippen LogP contribution in [0.15, 0.2) is 11.1 Å². The van der Waals surface area contributed by atoms with Gasteiger partial charge >= 0.3 is 0 Å². The first kappa shape index (κ1) is 16.8. The number of fused-ring (bicyclic) bond motifs is 3. The molecular formula is C21H32O3. The molecule has 1 aliphatic heterocycles. The summed E-state index contributed by atoms with van der Waals surface area (Å²) in [5.41, 5.74) is 3.17. The number of hydrogen-bond donors (Lipinski definition) is 0. The van der Waals surface area contributed by atoms with Crippen LogP contribution in [0.3, 0.4) is 0 Å². The SMILES string of the molecule is C[C@@H]1CCC2C3CCC(=O)C(CCC4(C)OCCO4)=C3CC[C@]21C. The second kappa shape index (κ2) is 5.95. The molecule has 3 nitrogen and oxygen atoms in total. The molecule has 0 aromatic heterocycles. The summed E-state index contributed by atoms with van der Waals surface area (Å²) in [5.74, 6) is 2.22. The van der Waals surface area contributed by atoms with E-state index in [4.69, 9.17) is 9.47 Å².